The predicted molar refractivity (Wildman–Crippen MR) is 127 cm³/mol. The van der Waals surface area contributed by atoms with E-state index in [2.05, 4.69) is 21.4 Å². The van der Waals surface area contributed by atoms with Gasteiger partial charge >= 0.3 is 6.18 Å². The smallest absolute Gasteiger partial charge is 0.375 e. The highest BCUT2D eigenvalue weighted by molar-refractivity contribution is 7.91. The Labute approximate surface area is 199 Å². The second-order valence-corrected chi connectivity index (χ2v) is 11.4. The monoisotopic (exact) mass is 511 g/mol. The summed E-state index contributed by atoms with van der Waals surface area (Å²) < 4.78 is 67.0. The molecule has 4 rings (SSSR count). The van der Waals surface area contributed by atoms with Crippen LogP contribution in [0.2, 0.25) is 0 Å². The number of nitrogens with two attached hydrogens (primary N) is 1. The summed E-state index contributed by atoms with van der Waals surface area (Å²) in [6, 6.07) is 5.36. The number of aromatic nitrogens is 2. The topological polar surface area (TPSA) is 101 Å². The van der Waals surface area contributed by atoms with Gasteiger partial charge in [-0.1, -0.05) is 35.1 Å². The van der Waals surface area contributed by atoms with Crippen molar-refractivity contribution in [2.75, 3.05) is 24.1 Å². The van der Waals surface area contributed by atoms with E-state index >= 15 is 0 Å². The van der Waals surface area contributed by atoms with Crippen LogP contribution in [-0.4, -0.2) is 41.8 Å². The van der Waals surface area contributed by atoms with Crippen LogP contribution in [0.15, 0.2) is 52.5 Å². The van der Waals surface area contributed by atoms with Gasteiger partial charge in [-0.15, -0.1) is 0 Å². The number of nitrogen functional groups attached to an aromatic ring is 1. The fourth-order valence-electron chi connectivity index (χ4n) is 3.94. The van der Waals surface area contributed by atoms with Gasteiger partial charge in [-0.05, 0) is 43.7 Å². The first-order chi connectivity index (χ1) is 16.1. The average Bonchev–Trinajstić information content (AvgIpc) is 3.24. The van der Waals surface area contributed by atoms with Crippen LogP contribution in [-0.2, 0) is 16.2 Å². The van der Waals surface area contributed by atoms with Gasteiger partial charge in [-0.3, -0.25) is 0 Å². The van der Waals surface area contributed by atoms with Crippen molar-refractivity contribution in [1.29, 1.82) is 0 Å². The summed E-state index contributed by atoms with van der Waals surface area (Å²) in [6.07, 6.45) is 2.14. The van der Waals surface area contributed by atoms with E-state index in [1.54, 1.807) is 6.07 Å². The third kappa shape index (κ3) is 5.18. The fraction of sp³-hybridized carbons (Fsp3) is 0.364. The molecule has 3 N–H and O–H groups in total. The zero-order chi connectivity index (χ0) is 24.5. The summed E-state index contributed by atoms with van der Waals surface area (Å²) in [7, 11) is -3.59. The van der Waals surface area contributed by atoms with Gasteiger partial charge in [0, 0.05) is 30.7 Å². The molecule has 0 radical (unpaired) electrons. The second kappa shape index (κ2) is 9.51. The van der Waals surface area contributed by atoms with Crippen molar-refractivity contribution in [2.45, 2.75) is 42.6 Å². The Morgan fingerprint density at radius 2 is 1.94 bits per heavy atom. The van der Waals surface area contributed by atoms with E-state index in [4.69, 9.17) is 5.73 Å². The molecule has 0 amide bonds. The Hall–Kier alpha value is -2.70. The molecular weight excluding hydrogens is 487 g/mol. The van der Waals surface area contributed by atoms with Crippen LogP contribution in [0.5, 0.6) is 0 Å². The molecule has 0 spiro atoms. The van der Waals surface area contributed by atoms with Crippen LogP contribution in [0.3, 0.4) is 0 Å². The Balaban J connectivity index is 1.39. The maximum Gasteiger partial charge on any atom is 0.417 e. The number of nitrogens with zero attached hydrogens (tertiary/aromatic N) is 3. The summed E-state index contributed by atoms with van der Waals surface area (Å²) in [5.41, 5.74) is 6.02. The van der Waals surface area contributed by atoms with Gasteiger partial charge in [-0.2, -0.15) is 17.5 Å². The number of alkyl halides is 3. The van der Waals surface area contributed by atoms with E-state index in [0.29, 0.717) is 43.6 Å². The minimum Gasteiger partial charge on any atom is -0.375 e. The molecule has 7 nitrogen and oxygen atoms in total. The molecule has 1 aromatic carbocycles. The summed E-state index contributed by atoms with van der Waals surface area (Å²) >= 11 is 0.953. The molecule has 0 unspecified atom stereocenters. The molecule has 1 saturated heterocycles. The number of sulfonamides is 1. The van der Waals surface area contributed by atoms with E-state index in [1.165, 1.54) is 28.8 Å². The minimum atomic E-state index is -4.44. The number of nitrogens with one attached hydrogen (secondary N) is 1. The van der Waals surface area contributed by atoms with Crippen molar-refractivity contribution in [3.05, 3.63) is 53.9 Å². The minimum absolute atomic E-state index is 0.0814. The fourth-order valence-corrected chi connectivity index (χ4v) is 6.46. The lowest BCUT2D eigenvalue weighted by Crippen LogP contribution is -2.36. The van der Waals surface area contributed by atoms with E-state index in [9.17, 15) is 21.6 Å². The number of rotatable bonds is 6. The number of halogens is 3. The molecule has 0 bridgehead atoms. The zero-order valence-electron chi connectivity index (χ0n) is 18.3. The maximum atomic E-state index is 13.3. The molecule has 182 valence electrons. The Bertz CT molecular complexity index is 1310. The molecule has 1 atom stereocenters. The number of benzene rings is 1. The summed E-state index contributed by atoms with van der Waals surface area (Å²) in [4.78, 5) is 8.07. The van der Waals surface area contributed by atoms with Gasteiger partial charge in [0.25, 0.3) is 10.0 Å². The maximum absolute atomic E-state index is 13.3. The number of anilines is 2. The molecule has 1 aliphatic rings. The first-order valence-corrected chi connectivity index (χ1v) is 12.9. The summed E-state index contributed by atoms with van der Waals surface area (Å²) in [6.45, 7) is 2.68. The van der Waals surface area contributed by atoms with Crippen LogP contribution in [0.25, 0.3) is 10.8 Å². The molecule has 3 aromatic rings. The van der Waals surface area contributed by atoms with Crippen molar-refractivity contribution in [3.63, 3.8) is 0 Å². The van der Waals surface area contributed by atoms with Crippen LogP contribution in [0, 0.1) is 0 Å². The third-order valence-corrected chi connectivity index (χ3v) is 8.88. The molecule has 2 aromatic heterocycles. The molecule has 12 heteroatoms. The molecule has 34 heavy (non-hydrogen) atoms. The van der Waals surface area contributed by atoms with E-state index < -0.39 is 21.8 Å². The van der Waals surface area contributed by atoms with Gasteiger partial charge in [-0.25, -0.2) is 18.4 Å². The highest BCUT2D eigenvalue weighted by Crippen LogP contribution is 2.36. The van der Waals surface area contributed by atoms with E-state index in [1.807, 2.05) is 6.92 Å². The number of piperidine rings is 1. The third-order valence-electron chi connectivity index (χ3n) is 5.72. The molecular formula is C22H24F3N5O2S2. The largest absolute Gasteiger partial charge is 0.417 e. The summed E-state index contributed by atoms with van der Waals surface area (Å²) in [5, 5.41) is 3.95. The first kappa shape index (κ1) is 24.4. The lowest BCUT2D eigenvalue weighted by atomic mass is 10.0. The van der Waals surface area contributed by atoms with E-state index in [0.717, 1.165) is 23.0 Å². The molecule has 3 heterocycles. The van der Waals surface area contributed by atoms with Crippen molar-refractivity contribution in [3.8, 4) is 0 Å². The zero-order valence-corrected chi connectivity index (χ0v) is 20.0. The quantitative estimate of drug-likeness (QED) is 0.457. The lowest BCUT2D eigenvalue weighted by Gasteiger charge is -2.27. The van der Waals surface area contributed by atoms with Crippen LogP contribution < -0.4 is 11.1 Å². The SMILES string of the molecule is C[C@@H](CC=C1CCN(S(=O)(=O)c2cnc(N)s2)CC1)Nc1nccc2c(C(F)(F)F)cccc12. The number of hydrogen-bond acceptors (Lipinski definition) is 7. The van der Waals surface area contributed by atoms with Crippen molar-refractivity contribution in [1.82, 2.24) is 14.3 Å². The van der Waals surface area contributed by atoms with Gasteiger partial charge in [0.15, 0.2) is 9.34 Å². The standard InChI is InChI=1S/C22H24F3N5O2S2/c1-14(29-20-17-3-2-4-18(22(23,24)25)16(17)7-10-27-20)5-6-15-8-11-30(12-9-15)34(31,32)19-13-28-21(26)33-19/h2-4,6-7,10,13-14H,5,8-9,11-12H2,1H3,(H2,26,28)(H,27,29)/t14-/m0/s1. The molecule has 1 aliphatic heterocycles. The van der Waals surface area contributed by atoms with Crippen molar-refractivity contribution < 1.29 is 21.6 Å². The summed E-state index contributed by atoms with van der Waals surface area (Å²) in [5.74, 6) is 0.402. The van der Waals surface area contributed by atoms with Gasteiger partial charge in [0.1, 0.15) is 5.82 Å². The Morgan fingerprint density at radius 3 is 2.59 bits per heavy atom. The normalized spacial score (nSPS) is 16.5. The second-order valence-electron chi connectivity index (χ2n) is 8.12. The average molecular weight is 512 g/mol. The van der Waals surface area contributed by atoms with E-state index in [-0.39, 0.29) is 20.8 Å². The van der Waals surface area contributed by atoms with Gasteiger partial charge < -0.3 is 11.1 Å². The molecule has 0 aliphatic carbocycles. The van der Waals surface area contributed by atoms with Gasteiger partial charge in [0.05, 0.1) is 11.8 Å². The van der Waals surface area contributed by atoms with Crippen molar-refractivity contribution >= 4 is 43.1 Å². The number of pyridine rings is 1. The lowest BCUT2D eigenvalue weighted by molar-refractivity contribution is -0.136. The first-order valence-electron chi connectivity index (χ1n) is 10.7. The molecule has 1 fully saturated rings. The highest BCUT2D eigenvalue weighted by Gasteiger charge is 2.33. The van der Waals surface area contributed by atoms with Gasteiger partial charge in [0.2, 0.25) is 0 Å². The number of thiazole rings is 1. The number of hydrogen-bond donors (Lipinski definition) is 2. The Morgan fingerprint density at radius 1 is 1.21 bits per heavy atom. The highest BCUT2D eigenvalue weighted by atomic mass is 32.2. The van der Waals surface area contributed by atoms with Crippen LogP contribution in [0.1, 0.15) is 31.7 Å². The van der Waals surface area contributed by atoms with Crippen LogP contribution >= 0.6 is 11.3 Å². The predicted octanol–water partition coefficient (Wildman–Crippen LogP) is 4.89. The molecule has 0 saturated carbocycles. The van der Waals surface area contributed by atoms with Crippen LogP contribution in [0.4, 0.5) is 24.1 Å². The van der Waals surface area contributed by atoms with Crippen molar-refractivity contribution in [2.24, 2.45) is 0 Å². The Kier molecular flexibility index (Phi) is 6.83. The number of fused-ring (bicyclic) bond motifs is 1.